The van der Waals surface area contributed by atoms with Crippen molar-refractivity contribution in [2.24, 2.45) is 0 Å². The number of allylic oxidation sites excluding steroid dienone is 1. The van der Waals surface area contributed by atoms with Gasteiger partial charge in [0.1, 0.15) is 5.75 Å². The predicted molar refractivity (Wildman–Crippen MR) is 117 cm³/mol. The minimum Gasteiger partial charge on any atom is -0.497 e. The lowest BCUT2D eigenvalue weighted by atomic mass is 10.1. The van der Waals surface area contributed by atoms with Crippen molar-refractivity contribution in [1.29, 1.82) is 0 Å². The third-order valence-electron chi connectivity index (χ3n) is 4.07. The van der Waals surface area contributed by atoms with Crippen LogP contribution in [0.2, 0.25) is 5.02 Å². The van der Waals surface area contributed by atoms with Gasteiger partial charge >= 0.3 is 6.03 Å². The van der Waals surface area contributed by atoms with E-state index in [1.54, 1.807) is 73.8 Å². The van der Waals surface area contributed by atoms with Gasteiger partial charge in [0.25, 0.3) is 0 Å². The molecular formula is C23H19ClN2O3. The number of methoxy groups -OCH3 is 1. The molecule has 0 unspecified atom stereocenters. The topological polar surface area (TPSA) is 67.4 Å². The number of halogens is 1. The lowest BCUT2D eigenvalue weighted by molar-refractivity contribution is 0.104. The summed E-state index contributed by atoms with van der Waals surface area (Å²) in [7, 11) is 1.58. The molecule has 0 aliphatic carbocycles. The van der Waals surface area contributed by atoms with Crippen molar-refractivity contribution in [2.45, 2.75) is 0 Å². The van der Waals surface area contributed by atoms with E-state index < -0.39 is 0 Å². The van der Waals surface area contributed by atoms with Gasteiger partial charge in [-0.05, 0) is 72.3 Å². The molecule has 0 spiro atoms. The van der Waals surface area contributed by atoms with Crippen LogP contribution in [0, 0.1) is 0 Å². The molecule has 3 rings (SSSR count). The first-order chi connectivity index (χ1) is 14.0. The van der Waals surface area contributed by atoms with E-state index in [0.717, 1.165) is 5.56 Å². The van der Waals surface area contributed by atoms with Crippen molar-refractivity contribution in [2.75, 3.05) is 17.7 Å². The Balaban J connectivity index is 1.56. The summed E-state index contributed by atoms with van der Waals surface area (Å²) in [5, 5.41) is 6.10. The number of nitrogens with one attached hydrogen (secondary N) is 2. The van der Waals surface area contributed by atoms with Crippen molar-refractivity contribution in [3.8, 4) is 5.75 Å². The Morgan fingerprint density at radius 3 is 1.93 bits per heavy atom. The van der Waals surface area contributed by atoms with E-state index in [1.165, 1.54) is 6.08 Å². The maximum Gasteiger partial charge on any atom is 0.323 e. The summed E-state index contributed by atoms with van der Waals surface area (Å²) < 4.78 is 5.08. The molecule has 146 valence electrons. The Bertz CT molecular complexity index is 1010. The van der Waals surface area contributed by atoms with Crippen LogP contribution in [-0.4, -0.2) is 18.9 Å². The highest BCUT2D eigenvalue weighted by Gasteiger charge is 2.05. The van der Waals surface area contributed by atoms with Crippen LogP contribution < -0.4 is 15.4 Å². The van der Waals surface area contributed by atoms with Gasteiger partial charge in [0.2, 0.25) is 0 Å². The van der Waals surface area contributed by atoms with Gasteiger partial charge < -0.3 is 15.4 Å². The normalized spacial score (nSPS) is 10.6. The molecule has 0 heterocycles. The average Bonchev–Trinajstić information content (AvgIpc) is 2.74. The summed E-state index contributed by atoms with van der Waals surface area (Å²) in [6, 6.07) is 20.5. The van der Waals surface area contributed by atoms with E-state index in [9.17, 15) is 9.59 Å². The molecule has 0 atom stereocenters. The van der Waals surface area contributed by atoms with E-state index in [1.807, 2.05) is 12.1 Å². The SMILES string of the molecule is COc1ccc(NC(=O)Nc2ccc(C(=O)/C=C/c3ccc(Cl)cc3)cc2)cc1. The maximum atomic E-state index is 12.3. The number of ether oxygens (including phenoxy) is 1. The molecule has 2 amide bonds. The van der Waals surface area contributed by atoms with Crippen LogP contribution in [0.4, 0.5) is 16.2 Å². The van der Waals surface area contributed by atoms with E-state index in [0.29, 0.717) is 27.7 Å². The minimum absolute atomic E-state index is 0.130. The summed E-state index contributed by atoms with van der Waals surface area (Å²) in [6.45, 7) is 0. The molecular weight excluding hydrogens is 388 g/mol. The van der Waals surface area contributed by atoms with Crippen LogP contribution in [0.25, 0.3) is 6.08 Å². The number of benzene rings is 3. The zero-order chi connectivity index (χ0) is 20.6. The van der Waals surface area contributed by atoms with Gasteiger partial charge in [0, 0.05) is 22.0 Å². The molecule has 0 aliphatic rings. The van der Waals surface area contributed by atoms with Crippen molar-refractivity contribution < 1.29 is 14.3 Å². The summed E-state index contributed by atoms with van der Waals surface area (Å²) in [4.78, 5) is 24.4. The zero-order valence-electron chi connectivity index (χ0n) is 15.7. The number of urea groups is 1. The quantitative estimate of drug-likeness (QED) is 0.396. The summed E-state index contributed by atoms with van der Waals surface area (Å²) in [6.07, 6.45) is 3.23. The maximum absolute atomic E-state index is 12.3. The second-order valence-corrected chi connectivity index (χ2v) is 6.57. The number of amides is 2. The number of rotatable bonds is 6. The highest BCUT2D eigenvalue weighted by molar-refractivity contribution is 6.30. The van der Waals surface area contributed by atoms with Gasteiger partial charge in [-0.1, -0.05) is 29.8 Å². The van der Waals surface area contributed by atoms with Crippen molar-refractivity contribution in [1.82, 2.24) is 0 Å². The second kappa shape index (κ2) is 9.57. The molecule has 6 heteroatoms. The summed E-state index contributed by atoms with van der Waals surface area (Å²) >= 11 is 5.85. The monoisotopic (exact) mass is 406 g/mol. The standard InChI is InChI=1S/C23H19ClN2O3/c1-29-21-13-11-20(12-14-21)26-23(28)25-19-9-5-17(6-10-19)22(27)15-4-16-2-7-18(24)8-3-16/h2-15H,1H3,(H2,25,26,28)/b15-4+. The van der Waals surface area contributed by atoms with Crippen LogP contribution >= 0.6 is 11.6 Å². The highest BCUT2D eigenvalue weighted by atomic mass is 35.5. The minimum atomic E-state index is -0.378. The molecule has 0 saturated heterocycles. The molecule has 0 aliphatic heterocycles. The molecule has 0 fully saturated rings. The van der Waals surface area contributed by atoms with E-state index in [-0.39, 0.29) is 11.8 Å². The number of hydrogen-bond acceptors (Lipinski definition) is 3. The number of anilines is 2. The van der Waals surface area contributed by atoms with Crippen LogP contribution in [-0.2, 0) is 0 Å². The van der Waals surface area contributed by atoms with Crippen molar-refractivity contribution >= 4 is 40.9 Å². The third-order valence-corrected chi connectivity index (χ3v) is 4.32. The molecule has 3 aromatic rings. The first kappa shape index (κ1) is 20.2. The molecule has 2 N–H and O–H groups in total. The van der Waals surface area contributed by atoms with Crippen LogP contribution in [0.1, 0.15) is 15.9 Å². The van der Waals surface area contributed by atoms with Gasteiger partial charge in [-0.15, -0.1) is 0 Å². The zero-order valence-corrected chi connectivity index (χ0v) is 16.4. The second-order valence-electron chi connectivity index (χ2n) is 6.13. The van der Waals surface area contributed by atoms with E-state index >= 15 is 0 Å². The van der Waals surface area contributed by atoms with Crippen LogP contribution in [0.5, 0.6) is 5.75 Å². The fourth-order valence-corrected chi connectivity index (χ4v) is 2.65. The van der Waals surface area contributed by atoms with Crippen molar-refractivity contribution in [3.05, 3.63) is 95.0 Å². The van der Waals surface area contributed by atoms with Gasteiger partial charge in [-0.25, -0.2) is 4.79 Å². The Morgan fingerprint density at radius 2 is 1.38 bits per heavy atom. The summed E-state index contributed by atoms with van der Waals surface area (Å²) in [5.41, 5.74) is 2.63. The molecule has 5 nitrogen and oxygen atoms in total. The van der Waals surface area contributed by atoms with Gasteiger partial charge in [0.15, 0.2) is 5.78 Å². The van der Waals surface area contributed by atoms with Crippen LogP contribution in [0.3, 0.4) is 0 Å². The van der Waals surface area contributed by atoms with E-state index in [4.69, 9.17) is 16.3 Å². The van der Waals surface area contributed by atoms with Gasteiger partial charge in [-0.3, -0.25) is 4.79 Å². The Hall–Kier alpha value is -3.57. The Labute approximate surface area is 174 Å². The number of hydrogen-bond donors (Lipinski definition) is 2. The van der Waals surface area contributed by atoms with Crippen LogP contribution in [0.15, 0.2) is 78.9 Å². The molecule has 0 bridgehead atoms. The molecule has 0 saturated carbocycles. The van der Waals surface area contributed by atoms with Gasteiger partial charge in [0.05, 0.1) is 7.11 Å². The van der Waals surface area contributed by atoms with Crippen molar-refractivity contribution in [3.63, 3.8) is 0 Å². The average molecular weight is 407 g/mol. The molecule has 3 aromatic carbocycles. The smallest absolute Gasteiger partial charge is 0.323 e. The van der Waals surface area contributed by atoms with E-state index in [2.05, 4.69) is 10.6 Å². The lowest BCUT2D eigenvalue weighted by Gasteiger charge is -2.08. The fraction of sp³-hybridized carbons (Fsp3) is 0.0435. The molecule has 0 radical (unpaired) electrons. The predicted octanol–water partition coefficient (Wildman–Crippen LogP) is 5.89. The molecule has 29 heavy (non-hydrogen) atoms. The van der Waals surface area contributed by atoms with Gasteiger partial charge in [-0.2, -0.15) is 0 Å². The molecule has 0 aromatic heterocycles. The highest BCUT2D eigenvalue weighted by Crippen LogP contribution is 2.16. The number of ketones is 1. The fourth-order valence-electron chi connectivity index (χ4n) is 2.53. The lowest BCUT2D eigenvalue weighted by Crippen LogP contribution is -2.19. The Kier molecular flexibility index (Phi) is 6.66. The number of carbonyl (C=O) groups excluding carboxylic acids is 2. The number of carbonyl (C=O) groups is 2. The first-order valence-corrected chi connectivity index (χ1v) is 9.21. The third kappa shape index (κ3) is 5.96. The largest absolute Gasteiger partial charge is 0.497 e. The first-order valence-electron chi connectivity index (χ1n) is 8.83. The summed E-state index contributed by atoms with van der Waals surface area (Å²) in [5.74, 6) is 0.579. The Morgan fingerprint density at radius 1 is 0.828 bits per heavy atom.